The van der Waals surface area contributed by atoms with Crippen LogP contribution in [0.15, 0.2) is 0 Å². The lowest BCUT2D eigenvalue weighted by Crippen LogP contribution is -2.34. The Morgan fingerprint density at radius 3 is 2.50 bits per heavy atom. The largest absolute Gasteiger partial charge is 0.378 e. The summed E-state index contributed by atoms with van der Waals surface area (Å²) in [5, 5.41) is 0. The van der Waals surface area contributed by atoms with Crippen LogP contribution < -0.4 is 5.73 Å². The third-order valence-electron chi connectivity index (χ3n) is 4.03. The van der Waals surface area contributed by atoms with Crippen LogP contribution in [0.5, 0.6) is 0 Å². The van der Waals surface area contributed by atoms with E-state index in [0.717, 1.165) is 13.2 Å². The van der Waals surface area contributed by atoms with Gasteiger partial charge in [-0.1, -0.05) is 12.8 Å². The maximum atomic E-state index is 5.93. The normalized spacial score (nSPS) is 31.9. The molecule has 2 aliphatic rings. The first-order chi connectivity index (χ1) is 6.85. The van der Waals surface area contributed by atoms with Gasteiger partial charge >= 0.3 is 0 Å². The summed E-state index contributed by atoms with van der Waals surface area (Å²) in [6.45, 7) is 1.85. The minimum atomic E-state index is 0.446. The minimum Gasteiger partial charge on any atom is -0.378 e. The molecule has 1 saturated heterocycles. The second-order valence-corrected chi connectivity index (χ2v) is 5.10. The fraction of sp³-hybridized carbons (Fsp3) is 1.00. The molecule has 2 fully saturated rings. The molecule has 2 heteroatoms. The highest BCUT2D eigenvalue weighted by molar-refractivity contribution is 4.88. The summed E-state index contributed by atoms with van der Waals surface area (Å²) in [5.41, 5.74) is 6.38. The van der Waals surface area contributed by atoms with E-state index >= 15 is 0 Å². The monoisotopic (exact) mass is 197 g/mol. The highest BCUT2D eigenvalue weighted by Gasteiger charge is 2.35. The molecule has 1 saturated carbocycles. The van der Waals surface area contributed by atoms with Crippen molar-refractivity contribution in [2.45, 2.75) is 57.5 Å². The highest BCUT2D eigenvalue weighted by atomic mass is 16.5. The fourth-order valence-corrected chi connectivity index (χ4v) is 3.07. The van der Waals surface area contributed by atoms with Crippen molar-refractivity contribution < 1.29 is 4.74 Å². The summed E-state index contributed by atoms with van der Waals surface area (Å²) in [4.78, 5) is 0. The molecule has 2 N–H and O–H groups in total. The Balaban J connectivity index is 1.86. The van der Waals surface area contributed by atoms with Crippen molar-refractivity contribution in [2.24, 2.45) is 11.1 Å². The third kappa shape index (κ3) is 2.29. The van der Waals surface area contributed by atoms with Gasteiger partial charge in [-0.2, -0.15) is 0 Å². The van der Waals surface area contributed by atoms with Gasteiger partial charge in [-0.25, -0.2) is 0 Å². The molecule has 1 unspecified atom stereocenters. The second kappa shape index (κ2) is 4.63. The molecule has 14 heavy (non-hydrogen) atoms. The molecule has 0 amide bonds. The predicted molar refractivity (Wildman–Crippen MR) is 58.2 cm³/mol. The zero-order valence-electron chi connectivity index (χ0n) is 9.13. The number of hydrogen-bond donors (Lipinski definition) is 1. The van der Waals surface area contributed by atoms with E-state index in [2.05, 4.69) is 0 Å². The summed E-state index contributed by atoms with van der Waals surface area (Å²) < 4.78 is 5.81. The summed E-state index contributed by atoms with van der Waals surface area (Å²) in [6.07, 6.45) is 11.0. The minimum absolute atomic E-state index is 0.446. The Bertz CT molecular complexity index is 169. The van der Waals surface area contributed by atoms with E-state index in [1.165, 1.54) is 51.4 Å². The van der Waals surface area contributed by atoms with Crippen LogP contribution in [0.3, 0.4) is 0 Å². The maximum Gasteiger partial charge on any atom is 0.0580 e. The smallest absolute Gasteiger partial charge is 0.0580 e. The van der Waals surface area contributed by atoms with E-state index < -0.39 is 0 Å². The van der Waals surface area contributed by atoms with E-state index in [1.807, 2.05) is 0 Å². The van der Waals surface area contributed by atoms with Crippen LogP contribution in [0.2, 0.25) is 0 Å². The van der Waals surface area contributed by atoms with Gasteiger partial charge in [0.2, 0.25) is 0 Å². The molecule has 2 rings (SSSR count). The number of rotatable bonds is 3. The lowest BCUT2D eigenvalue weighted by Gasteiger charge is -2.33. The van der Waals surface area contributed by atoms with Gasteiger partial charge in [0, 0.05) is 6.61 Å². The molecule has 1 aliphatic carbocycles. The van der Waals surface area contributed by atoms with Gasteiger partial charge in [0.1, 0.15) is 0 Å². The van der Waals surface area contributed by atoms with E-state index in [0.29, 0.717) is 11.5 Å². The van der Waals surface area contributed by atoms with Crippen LogP contribution in [0.4, 0.5) is 0 Å². The lowest BCUT2D eigenvalue weighted by molar-refractivity contribution is -0.0133. The van der Waals surface area contributed by atoms with E-state index in [4.69, 9.17) is 10.5 Å². The van der Waals surface area contributed by atoms with Crippen molar-refractivity contribution in [3.63, 3.8) is 0 Å². The van der Waals surface area contributed by atoms with Crippen LogP contribution in [0.25, 0.3) is 0 Å². The summed E-state index contributed by atoms with van der Waals surface area (Å²) in [6, 6.07) is 0. The van der Waals surface area contributed by atoms with E-state index in [9.17, 15) is 0 Å². The molecule has 1 atom stereocenters. The molecule has 82 valence electrons. The Morgan fingerprint density at radius 2 is 1.93 bits per heavy atom. The van der Waals surface area contributed by atoms with Gasteiger partial charge in [0.25, 0.3) is 0 Å². The standard InChI is InChI=1S/C12H23NO/c13-10-12(6-2-3-7-12)9-11-5-1-4-8-14-11/h11H,1-10,13H2. The van der Waals surface area contributed by atoms with Crippen molar-refractivity contribution in [2.75, 3.05) is 13.2 Å². The zero-order valence-corrected chi connectivity index (χ0v) is 9.13. The SMILES string of the molecule is NCC1(CC2CCCCO2)CCCC1. The van der Waals surface area contributed by atoms with Gasteiger partial charge in [-0.15, -0.1) is 0 Å². The zero-order chi connectivity index (χ0) is 9.86. The van der Waals surface area contributed by atoms with Gasteiger partial charge in [-0.05, 0) is 50.5 Å². The number of nitrogens with two attached hydrogens (primary N) is 1. The molecule has 0 bridgehead atoms. The molecular weight excluding hydrogens is 174 g/mol. The average molecular weight is 197 g/mol. The van der Waals surface area contributed by atoms with Crippen molar-refractivity contribution in [3.8, 4) is 0 Å². The molecule has 0 aromatic heterocycles. The van der Waals surface area contributed by atoms with E-state index in [1.54, 1.807) is 0 Å². The van der Waals surface area contributed by atoms with Gasteiger partial charge in [-0.3, -0.25) is 0 Å². The highest BCUT2D eigenvalue weighted by Crippen LogP contribution is 2.42. The third-order valence-corrected chi connectivity index (χ3v) is 4.03. The van der Waals surface area contributed by atoms with Crippen LogP contribution >= 0.6 is 0 Å². The van der Waals surface area contributed by atoms with E-state index in [-0.39, 0.29) is 0 Å². The summed E-state index contributed by atoms with van der Waals surface area (Å²) >= 11 is 0. The quantitative estimate of drug-likeness (QED) is 0.754. The molecule has 1 heterocycles. The first kappa shape index (κ1) is 10.4. The van der Waals surface area contributed by atoms with Gasteiger partial charge in [0.05, 0.1) is 6.10 Å². The van der Waals surface area contributed by atoms with Gasteiger partial charge < -0.3 is 10.5 Å². The maximum absolute atomic E-state index is 5.93. The number of hydrogen-bond acceptors (Lipinski definition) is 2. The molecule has 0 aromatic rings. The molecular formula is C12H23NO. The average Bonchev–Trinajstić information content (AvgIpc) is 2.69. The van der Waals surface area contributed by atoms with Crippen LogP contribution in [0.1, 0.15) is 51.4 Å². The van der Waals surface area contributed by atoms with Crippen molar-refractivity contribution in [3.05, 3.63) is 0 Å². The summed E-state index contributed by atoms with van der Waals surface area (Å²) in [7, 11) is 0. The summed E-state index contributed by atoms with van der Waals surface area (Å²) in [5.74, 6) is 0. The van der Waals surface area contributed by atoms with Crippen LogP contribution in [0, 0.1) is 5.41 Å². The van der Waals surface area contributed by atoms with Crippen LogP contribution in [-0.4, -0.2) is 19.3 Å². The van der Waals surface area contributed by atoms with Crippen molar-refractivity contribution >= 4 is 0 Å². The lowest BCUT2D eigenvalue weighted by atomic mass is 9.79. The first-order valence-corrected chi connectivity index (χ1v) is 6.16. The Hall–Kier alpha value is -0.0800. The molecule has 0 aromatic carbocycles. The second-order valence-electron chi connectivity index (χ2n) is 5.10. The topological polar surface area (TPSA) is 35.2 Å². The predicted octanol–water partition coefficient (Wildman–Crippen LogP) is 2.46. The van der Waals surface area contributed by atoms with Crippen LogP contribution in [-0.2, 0) is 4.74 Å². The Morgan fingerprint density at radius 1 is 1.14 bits per heavy atom. The molecule has 2 nitrogen and oxygen atoms in total. The number of ether oxygens (including phenoxy) is 1. The van der Waals surface area contributed by atoms with Crippen molar-refractivity contribution in [1.82, 2.24) is 0 Å². The van der Waals surface area contributed by atoms with Crippen molar-refractivity contribution in [1.29, 1.82) is 0 Å². The molecule has 1 aliphatic heterocycles. The van der Waals surface area contributed by atoms with Gasteiger partial charge in [0.15, 0.2) is 0 Å². The Labute approximate surface area is 87.2 Å². The molecule has 0 spiro atoms. The molecule has 0 radical (unpaired) electrons. The first-order valence-electron chi connectivity index (χ1n) is 6.16. The fourth-order valence-electron chi connectivity index (χ4n) is 3.07. The Kier molecular flexibility index (Phi) is 3.45.